The molecule has 2 aromatic carbocycles. The lowest BCUT2D eigenvalue weighted by Gasteiger charge is -2.13. The number of ether oxygens (including phenoxy) is 2. The van der Waals surface area contributed by atoms with Crippen molar-refractivity contribution in [2.75, 3.05) is 17.4 Å². The zero-order chi connectivity index (χ0) is 19.7. The highest BCUT2D eigenvalue weighted by atomic mass is 16.7. The average Bonchev–Trinajstić information content (AvgIpc) is 3.12. The predicted molar refractivity (Wildman–Crippen MR) is 109 cm³/mol. The van der Waals surface area contributed by atoms with Crippen molar-refractivity contribution in [3.05, 3.63) is 71.0 Å². The molecule has 1 aliphatic heterocycles. The van der Waals surface area contributed by atoms with Crippen LogP contribution in [-0.4, -0.2) is 17.7 Å². The molecule has 0 spiro atoms. The largest absolute Gasteiger partial charge is 0.454 e. The van der Waals surface area contributed by atoms with E-state index >= 15 is 0 Å². The quantitative estimate of drug-likeness (QED) is 0.690. The van der Waals surface area contributed by atoms with Gasteiger partial charge in [-0.25, -0.2) is 0 Å². The number of carbonyl (C=O) groups excluding carboxylic acids is 1. The monoisotopic (exact) mass is 375 g/mol. The van der Waals surface area contributed by atoms with Crippen LogP contribution < -0.4 is 20.1 Å². The molecule has 0 radical (unpaired) electrons. The van der Waals surface area contributed by atoms with E-state index in [4.69, 9.17) is 9.47 Å². The number of rotatable bonds is 4. The Balaban J connectivity index is 1.53. The third-order valence-electron chi connectivity index (χ3n) is 4.57. The molecule has 4 rings (SSSR count). The van der Waals surface area contributed by atoms with Gasteiger partial charge in [-0.1, -0.05) is 17.7 Å². The molecule has 0 bridgehead atoms. The van der Waals surface area contributed by atoms with E-state index in [1.807, 2.05) is 57.2 Å². The number of nitrogens with zero attached hydrogens (tertiary/aromatic N) is 1. The molecule has 0 aliphatic carbocycles. The van der Waals surface area contributed by atoms with Crippen molar-refractivity contribution in [2.45, 2.75) is 20.8 Å². The fourth-order valence-corrected chi connectivity index (χ4v) is 3.33. The molecule has 3 aromatic rings. The van der Waals surface area contributed by atoms with Gasteiger partial charge in [0, 0.05) is 29.3 Å². The summed E-state index contributed by atoms with van der Waals surface area (Å²) in [6.45, 7) is 6.25. The van der Waals surface area contributed by atoms with Gasteiger partial charge in [0.25, 0.3) is 5.91 Å². The maximum atomic E-state index is 12.7. The zero-order valence-electron chi connectivity index (χ0n) is 16.0. The van der Waals surface area contributed by atoms with E-state index in [-0.39, 0.29) is 12.7 Å². The van der Waals surface area contributed by atoms with Crippen LogP contribution in [0.4, 0.5) is 17.1 Å². The summed E-state index contributed by atoms with van der Waals surface area (Å²) in [5.74, 6) is 1.18. The van der Waals surface area contributed by atoms with Gasteiger partial charge in [-0.2, -0.15) is 0 Å². The average molecular weight is 375 g/mol. The zero-order valence-corrected chi connectivity index (χ0v) is 16.0. The maximum Gasteiger partial charge on any atom is 0.274 e. The van der Waals surface area contributed by atoms with Gasteiger partial charge in [0.05, 0.1) is 0 Å². The molecule has 1 aromatic heterocycles. The highest BCUT2D eigenvalue weighted by Crippen LogP contribution is 2.35. The molecular formula is C22H21N3O3. The van der Waals surface area contributed by atoms with Crippen molar-refractivity contribution in [2.24, 2.45) is 0 Å². The highest BCUT2D eigenvalue weighted by Gasteiger charge is 2.15. The number of benzene rings is 2. The van der Waals surface area contributed by atoms with Crippen molar-refractivity contribution in [3.8, 4) is 11.5 Å². The Bertz CT molecular complexity index is 1040. The number of pyridine rings is 1. The van der Waals surface area contributed by atoms with Gasteiger partial charge in [-0.15, -0.1) is 0 Å². The van der Waals surface area contributed by atoms with E-state index < -0.39 is 0 Å². The molecule has 6 nitrogen and oxygen atoms in total. The summed E-state index contributed by atoms with van der Waals surface area (Å²) in [5.41, 5.74) is 5.99. The maximum absolute atomic E-state index is 12.7. The minimum Gasteiger partial charge on any atom is -0.454 e. The van der Waals surface area contributed by atoms with Crippen molar-refractivity contribution in [1.82, 2.24) is 4.98 Å². The summed E-state index contributed by atoms with van der Waals surface area (Å²) in [7, 11) is 0. The Labute approximate surface area is 163 Å². The van der Waals surface area contributed by atoms with Crippen LogP contribution in [0.3, 0.4) is 0 Å². The van der Waals surface area contributed by atoms with Gasteiger partial charge in [0.15, 0.2) is 11.5 Å². The first-order valence-corrected chi connectivity index (χ1v) is 9.01. The standard InChI is InChI=1S/C22H21N3O3/c1-13-8-14(2)21(15(3)9-13)25-22(26)18-10-17(6-7-23-18)24-16-4-5-19-20(11-16)28-12-27-19/h4-11H,12H2,1-3H3,(H,23,24)(H,25,26). The van der Waals surface area contributed by atoms with Gasteiger partial charge in [-0.05, 0) is 56.2 Å². The second-order valence-corrected chi connectivity index (χ2v) is 6.85. The van der Waals surface area contributed by atoms with Crippen LogP contribution >= 0.6 is 0 Å². The lowest BCUT2D eigenvalue weighted by molar-refractivity contribution is 0.102. The van der Waals surface area contributed by atoms with Crippen molar-refractivity contribution in [1.29, 1.82) is 0 Å². The summed E-state index contributed by atoms with van der Waals surface area (Å²) < 4.78 is 10.7. The summed E-state index contributed by atoms with van der Waals surface area (Å²) in [4.78, 5) is 16.9. The molecule has 0 saturated heterocycles. The molecule has 6 heteroatoms. The SMILES string of the molecule is Cc1cc(C)c(NC(=O)c2cc(Nc3ccc4c(c3)OCO4)ccn2)c(C)c1. The van der Waals surface area contributed by atoms with Gasteiger partial charge in [-0.3, -0.25) is 9.78 Å². The van der Waals surface area contributed by atoms with Crippen molar-refractivity contribution in [3.63, 3.8) is 0 Å². The first-order valence-electron chi connectivity index (χ1n) is 9.01. The molecule has 0 unspecified atom stereocenters. The topological polar surface area (TPSA) is 72.5 Å². The van der Waals surface area contributed by atoms with E-state index in [2.05, 4.69) is 15.6 Å². The molecule has 0 fully saturated rings. The predicted octanol–water partition coefficient (Wildman–Crippen LogP) is 4.73. The molecular weight excluding hydrogens is 354 g/mol. The fourth-order valence-electron chi connectivity index (χ4n) is 3.33. The first-order chi connectivity index (χ1) is 13.5. The third kappa shape index (κ3) is 3.62. The van der Waals surface area contributed by atoms with Crippen molar-refractivity contribution >= 4 is 23.0 Å². The molecule has 2 heterocycles. The number of aromatic nitrogens is 1. The number of hydrogen-bond donors (Lipinski definition) is 2. The minimum absolute atomic E-state index is 0.232. The lowest BCUT2D eigenvalue weighted by atomic mass is 10.0. The first kappa shape index (κ1) is 17.9. The van der Waals surface area contributed by atoms with Crippen LogP contribution in [0.15, 0.2) is 48.7 Å². The molecule has 2 N–H and O–H groups in total. The van der Waals surface area contributed by atoms with Crippen molar-refractivity contribution < 1.29 is 14.3 Å². The summed E-state index contributed by atoms with van der Waals surface area (Å²) in [5, 5.41) is 6.25. The second kappa shape index (κ2) is 7.23. The third-order valence-corrected chi connectivity index (χ3v) is 4.57. The number of amides is 1. The molecule has 1 aliphatic rings. The van der Waals surface area contributed by atoms with Crippen LogP contribution in [0.25, 0.3) is 0 Å². The minimum atomic E-state index is -0.246. The molecule has 28 heavy (non-hydrogen) atoms. The highest BCUT2D eigenvalue weighted by molar-refractivity contribution is 6.04. The van der Waals surface area contributed by atoms with E-state index in [0.717, 1.165) is 33.9 Å². The second-order valence-electron chi connectivity index (χ2n) is 6.85. The fraction of sp³-hybridized carbons (Fsp3) is 0.182. The number of carbonyl (C=O) groups is 1. The summed E-state index contributed by atoms with van der Waals surface area (Å²) in [6.07, 6.45) is 1.61. The van der Waals surface area contributed by atoms with Crippen LogP contribution in [0.1, 0.15) is 27.2 Å². The lowest BCUT2D eigenvalue weighted by Crippen LogP contribution is -2.15. The van der Waals surface area contributed by atoms with Crippen LogP contribution in [0.5, 0.6) is 11.5 Å². The summed E-state index contributed by atoms with van der Waals surface area (Å²) >= 11 is 0. The Morgan fingerprint density at radius 3 is 2.43 bits per heavy atom. The van der Waals surface area contributed by atoms with Crippen LogP contribution in [0, 0.1) is 20.8 Å². The van der Waals surface area contributed by atoms with Gasteiger partial charge in [0.2, 0.25) is 6.79 Å². The van der Waals surface area contributed by atoms with E-state index in [9.17, 15) is 4.79 Å². The number of aryl methyl sites for hydroxylation is 3. The Morgan fingerprint density at radius 1 is 0.929 bits per heavy atom. The van der Waals surface area contributed by atoms with Gasteiger partial charge in [0.1, 0.15) is 5.69 Å². The summed E-state index contributed by atoms with van der Waals surface area (Å²) in [6, 6.07) is 13.2. The van der Waals surface area contributed by atoms with E-state index in [0.29, 0.717) is 11.4 Å². The number of nitrogens with one attached hydrogen (secondary N) is 2. The van der Waals surface area contributed by atoms with Crippen LogP contribution in [0.2, 0.25) is 0 Å². The number of anilines is 3. The molecule has 142 valence electrons. The molecule has 1 amide bonds. The normalized spacial score (nSPS) is 12.0. The molecule has 0 saturated carbocycles. The smallest absolute Gasteiger partial charge is 0.274 e. The van der Waals surface area contributed by atoms with E-state index in [1.165, 1.54) is 5.56 Å². The Morgan fingerprint density at radius 2 is 1.64 bits per heavy atom. The molecule has 0 atom stereocenters. The Hall–Kier alpha value is -3.54. The van der Waals surface area contributed by atoms with Gasteiger partial charge >= 0.3 is 0 Å². The van der Waals surface area contributed by atoms with Gasteiger partial charge < -0.3 is 20.1 Å². The number of hydrogen-bond acceptors (Lipinski definition) is 5. The Kier molecular flexibility index (Phi) is 4.61. The number of fused-ring (bicyclic) bond motifs is 1. The van der Waals surface area contributed by atoms with Crippen LogP contribution in [-0.2, 0) is 0 Å². The van der Waals surface area contributed by atoms with E-state index in [1.54, 1.807) is 12.3 Å².